The van der Waals surface area contributed by atoms with Crippen molar-refractivity contribution in [2.24, 2.45) is 11.8 Å². The molecule has 122 valence electrons. The van der Waals surface area contributed by atoms with E-state index in [-0.39, 0.29) is 5.69 Å². The summed E-state index contributed by atoms with van der Waals surface area (Å²) >= 11 is 5.75. The number of hydrogen-bond donors (Lipinski definition) is 1. The molecule has 0 radical (unpaired) electrons. The minimum atomic E-state index is -4.63. The summed E-state index contributed by atoms with van der Waals surface area (Å²) in [5.74, 6) is 0.853. The molecule has 1 N–H and O–H groups in total. The summed E-state index contributed by atoms with van der Waals surface area (Å²) in [4.78, 5) is 13.4. The van der Waals surface area contributed by atoms with Crippen molar-refractivity contribution in [1.29, 1.82) is 0 Å². The van der Waals surface area contributed by atoms with Gasteiger partial charge in [-0.15, -0.1) is 0 Å². The van der Waals surface area contributed by atoms with Crippen molar-refractivity contribution in [2.75, 3.05) is 26.2 Å². The van der Waals surface area contributed by atoms with Gasteiger partial charge in [0.25, 0.3) is 0 Å². The first kappa shape index (κ1) is 15.8. The molecule has 3 heterocycles. The number of carbonyl (C=O) groups excluding carboxylic acids is 1. The van der Waals surface area contributed by atoms with Crippen LogP contribution in [-0.4, -0.2) is 47.1 Å². The fourth-order valence-corrected chi connectivity index (χ4v) is 3.57. The third-order valence-electron chi connectivity index (χ3n) is 4.51. The molecule has 2 fully saturated rings. The van der Waals surface area contributed by atoms with Gasteiger partial charge in [-0.3, -0.25) is 9.69 Å². The number of aromatic nitrogens is 2. The summed E-state index contributed by atoms with van der Waals surface area (Å²) in [6, 6.07) is 0. The van der Waals surface area contributed by atoms with Crippen LogP contribution in [0.25, 0.3) is 0 Å². The number of alkyl halides is 3. The minimum Gasteiger partial charge on any atom is -0.316 e. The van der Waals surface area contributed by atoms with Crippen LogP contribution in [0.1, 0.15) is 17.6 Å². The van der Waals surface area contributed by atoms with Crippen LogP contribution in [0.5, 0.6) is 0 Å². The molecule has 0 bridgehead atoms. The number of nitrogens with zero attached hydrogens (tertiary/aromatic N) is 3. The third-order valence-corrected chi connectivity index (χ3v) is 4.96. The van der Waals surface area contributed by atoms with Gasteiger partial charge in [-0.25, -0.2) is 4.68 Å². The van der Waals surface area contributed by atoms with Crippen LogP contribution >= 0.6 is 11.6 Å². The average molecular weight is 337 g/mol. The number of halogens is 4. The molecule has 3 unspecified atom stereocenters. The van der Waals surface area contributed by atoms with Gasteiger partial charge >= 0.3 is 6.18 Å². The lowest BCUT2D eigenvalue weighted by Crippen LogP contribution is -2.35. The summed E-state index contributed by atoms with van der Waals surface area (Å²) in [5.41, 5.74) is -0.985. The Bertz CT molecular complexity index is 577. The maximum absolute atomic E-state index is 12.9. The topological polar surface area (TPSA) is 50.2 Å². The second-order valence-corrected chi connectivity index (χ2v) is 6.25. The zero-order chi connectivity index (χ0) is 16.1. The lowest BCUT2D eigenvalue weighted by molar-refractivity contribution is -0.142. The molecule has 2 aliphatic heterocycles. The summed E-state index contributed by atoms with van der Waals surface area (Å²) in [6.07, 6.45) is -4.85. The first-order chi connectivity index (χ1) is 10.3. The predicted molar refractivity (Wildman–Crippen MR) is 73.5 cm³/mol. The number of rotatable bonds is 3. The van der Waals surface area contributed by atoms with Gasteiger partial charge in [0.2, 0.25) is 0 Å². The largest absolute Gasteiger partial charge is 0.436 e. The average Bonchev–Trinajstić information content (AvgIpc) is 3.07. The Morgan fingerprint density at radius 3 is 2.41 bits per heavy atom. The number of nitrogens with one attached hydrogen (secondary N) is 1. The fourth-order valence-electron chi connectivity index (χ4n) is 3.34. The number of likely N-dealkylation sites (tertiary alicyclic amines) is 1. The molecule has 0 amide bonds. The molecule has 0 aliphatic carbocycles. The highest BCUT2D eigenvalue weighted by Crippen LogP contribution is 2.37. The summed E-state index contributed by atoms with van der Waals surface area (Å²) in [6.45, 7) is 4.52. The van der Waals surface area contributed by atoms with Crippen LogP contribution in [0.2, 0.25) is 5.02 Å². The summed E-state index contributed by atoms with van der Waals surface area (Å²) < 4.78 is 39.8. The Kier molecular flexibility index (Phi) is 3.94. The SMILES string of the molecule is Cc1c(Cl)c(C(F)(F)F)nn1C(C=O)N1CC2CNCC2C1. The normalized spacial score (nSPS) is 27.1. The van der Waals surface area contributed by atoms with E-state index in [4.69, 9.17) is 11.6 Å². The Morgan fingerprint density at radius 1 is 1.36 bits per heavy atom. The molecule has 1 aromatic heterocycles. The first-order valence-electron chi connectivity index (χ1n) is 7.04. The molecule has 5 nitrogen and oxygen atoms in total. The molecule has 1 aromatic rings. The smallest absolute Gasteiger partial charge is 0.316 e. The highest BCUT2D eigenvalue weighted by molar-refractivity contribution is 6.32. The second kappa shape index (κ2) is 5.50. The number of aldehydes is 1. The van der Waals surface area contributed by atoms with Crippen LogP contribution in [0.15, 0.2) is 0 Å². The molecular formula is C13H16ClF3N4O. The lowest BCUT2D eigenvalue weighted by Gasteiger charge is -2.25. The van der Waals surface area contributed by atoms with E-state index < -0.39 is 23.1 Å². The number of fused-ring (bicyclic) bond motifs is 1. The zero-order valence-corrected chi connectivity index (χ0v) is 12.7. The van der Waals surface area contributed by atoms with E-state index in [0.29, 0.717) is 31.2 Å². The van der Waals surface area contributed by atoms with E-state index in [1.807, 2.05) is 4.90 Å². The van der Waals surface area contributed by atoms with E-state index in [2.05, 4.69) is 10.4 Å². The Morgan fingerprint density at radius 2 is 1.95 bits per heavy atom. The van der Waals surface area contributed by atoms with E-state index in [9.17, 15) is 18.0 Å². The monoisotopic (exact) mass is 336 g/mol. The third kappa shape index (κ3) is 2.53. The second-order valence-electron chi connectivity index (χ2n) is 5.87. The Balaban J connectivity index is 1.90. The van der Waals surface area contributed by atoms with Crippen LogP contribution in [-0.2, 0) is 11.0 Å². The Hall–Kier alpha value is -1.12. The van der Waals surface area contributed by atoms with E-state index in [1.54, 1.807) is 0 Å². The molecule has 2 saturated heterocycles. The molecule has 22 heavy (non-hydrogen) atoms. The molecular weight excluding hydrogens is 321 g/mol. The fraction of sp³-hybridized carbons (Fsp3) is 0.692. The first-order valence-corrected chi connectivity index (χ1v) is 7.42. The van der Waals surface area contributed by atoms with Gasteiger partial charge in [-0.1, -0.05) is 11.6 Å². The standard InChI is InChI=1S/C13H16ClF3N4O/c1-7-11(14)12(13(15,16)17)19-21(7)10(6-22)20-4-8-2-18-3-9(8)5-20/h6,8-10,18H,2-5H2,1H3. The molecule has 3 atom stereocenters. The van der Waals surface area contributed by atoms with Gasteiger partial charge in [-0.05, 0) is 31.8 Å². The number of carbonyl (C=O) groups is 1. The molecule has 0 saturated carbocycles. The minimum absolute atomic E-state index is 0.154. The lowest BCUT2D eigenvalue weighted by atomic mass is 10.0. The van der Waals surface area contributed by atoms with Gasteiger partial charge in [0.15, 0.2) is 18.1 Å². The molecule has 9 heteroatoms. The number of hydrogen-bond acceptors (Lipinski definition) is 4. The van der Waals surface area contributed by atoms with Gasteiger partial charge in [0, 0.05) is 13.1 Å². The van der Waals surface area contributed by atoms with Crippen LogP contribution in [0.4, 0.5) is 13.2 Å². The zero-order valence-electron chi connectivity index (χ0n) is 11.9. The highest BCUT2D eigenvalue weighted by Gasteiger charge is 2.42. The van der Waals surface area contributed by atoms with E-state index >= 15 is 0 Å². The molecule has 0 spiro atoms. The van der Waals surface area contributed by atoms with Crippen molar-refractivity contribution in [3.05, 3.63) is 16.4 Å². The molecule has 0 aromatic carbocycles. The van der Waals surface area contributed by atoms with Gasteiger partial charge in [0.1, 0.15) is 0 Å². The van der Waals surface area contributed by atoms with Crippen molar-refractivity contribution >= 4 is 17.9 Å². The van der Waals surface area contributed by atoms with Crippen LogP contribution < -0.4 is 5.32 Å². The van der Waals surface area contributed by atoms with Crippen molar-refractivity contribution in [3.8, 4) is 0 Å². The summed E-state index contributed by atoms with van der Waals surface area (Å²) in [5, 5.41) is 6.40. The maximum Gasteiger partial charge on any atom is 0.436 e. The van der Waals surface area contributed by atoms with Crippen LogP contribution in [0.3, 0.4) is 0 Å². The molecule has 2 aliphatic rings. The predicted octanol–water partition coefficient (Wildman–Crippen LogP) is 1.71. The Labute approximate surface area is 130 Å². The highest BCUT2D eigenvalue weighted by atomic mass is 35.5. The van der Waals surface area contributed by atoms with Crippen molar-refractivity contribution in [1.82, 2.24) is 20.0 Å². The van der Waals surface area contributed by atoms with Crippen molar-refractivity contribution in [3.63, 3.8) is 0 Å². The summed E-state index contributed by atoms with van der Waals surface area (Å²) in [7, 11) is 0. The van der Waals surface area contributed by atoms with Crippen molar-refractivity contribution < 1.29 is 18.0 Å². The van der Waals surface area contributed by atoms with Crippen LogP contribution in [0, 0.1) is 18.8 Å². The van der Waals surface area contributed by atoms with Gasteiger partial charge in [-0.2, -0.15) is 18.3 Å². The van der Waals surface area contributed by atoms with E-state index in [1.165, 1.54) is 6.92 Å². The van der Waals surface area contributed by atoms with E-state index in [0.717, 1.165) is 17.8 Å². The maximum atomic E-state index is 12.9. The van der Waals surface area contributed by atoms with Gasteiger partial charge < -0.3 is 5.32 Å². The molecule has 3 rings (SSSR count). The quantitative estimate of drug-likeness (QED) is 0.854. The van der Waals surface area contributed by atoms with Gasteiger partial charge in [0.05, 0.1) is 10.7 Å². The van der Waals surface area contributed by atoms with Crippen molar-refractivity contribution in [2.45, 2.75) is 19.3 Å².